The Morgan fingerprint density at radius 3 is 2.71 bits per heavy atom. The van der Waals surface area contributed by atoms with Gasteiger partial charge < -0.3 is 25.0 Å². The van der Waals surface area contributed by atoms with Crippen LogP contribution in [0.25, 0.3) is 10.6 Å². The van der Waals surface area contributed by atoms with Crippen molar-refractivity contribution in [3.8, 4) is 10.6 Å². The van der Waals surface area contributed by atoms with Gasteiger partial charge in [0.25, 0.3) is 0 Å². The van der Waals surface area contributed by atoms with Gasteiger partial charge in [-0.25, -0.2) is 9.97 Å². The molecular formula is C23H28N5O2S+. The van der Waals surface area contributed by atoms with Crippen molar-refractivity contribution in [2.75, 3.05) is 37.5 Å². The van der Waals surface area contributed by atoms with Crippen molar-refractivity contribution < 1.29 is 14.8 Å². The van der Waals surface area contributed by atoms with Gasteiger partial charge >= 0.3 is 0 Å². The van der Waals surface area contributed by atoms with Crippen LogP contribution in [0, 0.1) is 0 Å². The molecule has 2 aliphatic rings. The first kappa shape index (κ1) is 20.4. The second-order valence-electron chi connectivity index (χ2n) is 8.25. The summed E-state index contributed by atoms with van der Waals surface area (Å²) in [5.74, 6) is 0.622. The number of ether oxygens (including phenoxy) is 2. The van der Waals surface area contributed by atoms with Crippen LogP contribution in [0.5, 0.6) is 0 Å². The first-order chi connectivity index (χ1) is 15.2. The average Bonchev–Trinajstić information content (AvgIpc) is 3.53. The van der Waals surface area contributed by atoms with Crippen molar-refractivity contribution in [1.29, 1.82) is 0 Å². The second-order valence-corrected chi connectivity index (χ2v) is 9.20. The third-order valence-corrected chi connectivity index (χ3v) is 6.84. The molecule has 8 heteroatoms. The fourth-order valence-corrected chi connectivity index (χ4v) is 4.92. The van der Waals surface area contributed by atoms with Gasteiger partial charge in [0.15, 0.2) is 0 Å². The van der Waals surface area contributed by atoms with Crippen LogP contribution < -0.4 is 15.5 Å². The molecule has 1 aromatic carbocycles. The summed E-state index contributed by atoms with van der Waals surface area (Å²) in [4.78, 5) is 12.3. The second kappa shape index (κ2) is 8.92. The smallest absolute Gasteiger partial charge is 0.223 e. The number of quaternary nitrogens is 1. The third-order valence-electron chi connectivity index (χ3n) is 5.94. The van der Waals surface area contributed by atoms with E-state index in [0.29, 0.717) is 25.2 Å². The van der Waals surface area contributed by atoms with Crippen molar-refractivity contribution >= 4 is 23.0 Å². The van der Waals surface area contributed by atoms with Crippen LogP contribution in [0.3, 0.4) is 0 Å². The number of aromatic nitrogens is 2. The SMILES string of the molecule is CN(C)c1ccc(C[NH2+][C@H]2CO[C@H]3[C@@H]2OC[C@@H]3Nc2nccc(-c3cccs3)n2)cc1. The number of nitrogens with one attached hydrogen (secondary N) is 1. The van der Waals surface area contributed by atoms with Crippen LogP contribution in [0.15, 0.2) is 54.0 Å². The molecule has 2 saturated heterocycles. The van der Waals surface area contributed by atoms with Crippen LogP contribution >= 0.6 is 11.3 Å². The van der Waals surface area contributed by atoms with Gasteiger partial charge in [0.1, 0.15) is 31.4 Å². The molecule has 4 heterocycles. The van der Waals surface area contributed by atoms with Crippen molar-refractivity contribution in [3.05, 3.63) is 59.6 Å². The number of rotatable bonds is 7. The van der Waals surface area contributed by atoms with E-state index in [0.717, 1.165) is 17.1 Å². The molecule has 0 radical (unpaired) electrons. The van der Waals surface area contributed by atoms with Gasteiger partial charge in [0, 0.05) is 31.5 Å². The van der Waals surface area contributed by atoms with Crippen LogP contribution in [-0.2, 0) is 16.0 Å². The molecule has 2 aliphatic heterocycles. The number of hydrogen-bond acceptors (Lipinski definition) is 7. The molecule has 162 valence electrons. The fourth-order valence-electron chi connectivity index (χ4n) is 4.23. The molecule has 0 amide bonds. The molecule has 3 N–H and O–H groups in total. The highest BCUT2D eigenvalue weighted by molar-refractivity contribution is 7.13. The monoisotopic (exact) mass is 438 g/mol. The Hall–Kier alpha value is -2.52. The zero-order valence-corrected chi connectivity index (χ0v) is 18.6. The topological polar surface area (TPSA) is 76.1 Å². The van der Waals surface area contributed by atoms with Crippen LogP contribution in [0.1, 0.15) is 5.56 Å². The molecule has 0 unspecified atom stereocenters. The van der Waals surface area contributed by atoms with Gasteiger partial charge in [-0.15, -0.1) is 11.3 Å². The molecule has 0 spiro atoms. The summed E-state index contributed by atoms with van der Waals surface area (Å²) < 4.78 is 12.3. The Labute approximate surface area is 186 Å². The maximum atomic E-state index is 6.14. The molecular weight excluding hydrogens is 410 g/mol. The highest BCUT2D eigenvalue weighted by Gasteiger charge is 2.49. The summed E-state index contributed by atoms with van der Waals surface area (Å²) in [6.45, 7) is 2.21. The molecule has 0 aliphatic carbocycles. The Balaban J connectivity index is 1.18. The summed E-state index contributed by atoms with van der Waals surface area (Å²) in [5.41, 5.74) is 3.45. The normalized spacial score (nSPS) is 24.8. The maximum Gasteiger partial charge on any atom is 0.223 e. The van der Waals surface area contributed by atoms with Gasteiger partial charge in [-0.1, -0.05) is 18.2 Å². The third kappa shape index (κ3) is 4.43. The minimum atomic E-state index is 0.0198. The van der Waals surface area contributed by atoms with Gasteiger partial charge in [0.2, 0.25) is 5.95 Å². The predicted molar refractivity (Wildman–Crippen MR) is 122 cm³/mol. The number of fused-ring (bicyclic) bond motifs is 1. The van der Waals surface area contributed by atoms with Crippen molar-refractivity contribution in [1.82, 2.24) is 9.97 Å². The summed E-state index contributed by atoms with van der Waals surface area (Å²) >= 11 is 1.67. The Kier molecular flexibility index (Phi) is 5.87. The molecule has 7 nitrogen and oxygen atoms in total. The Bertz CT molecular complexity index is 995. The first-order valence-electron chi connectivity index (χ1n) is 10.6. The van der Waals surface area contributed by atoms with E-state index in [9.17, 15) is 0 Å². The largest absolute Gasteiger partial charge is 0.378 e. The lowest BCUT2D eigenvalue weighted by Crippen LogP contribution is -2.91. The van der Waals surface area contributed by atoms with Crippen LogP contribution in [0.4, 0.5) is 11.6 Å². The quantitative estimate of drug-likeness (QED) is 0.588. The maximum absolute atomic E-state index is 6.14. The van der Waals surface area contributed by atoms with Gasteiger partial charge in [-0.05, 0) is 29.6 Å². The highest BCUT2D eigenvalue weighted by atomic mass is 32.1. The zero-order chi connectivity index (χ0) is 21.2. The molecule has 2 aromatic heterocycles. The van der Waals surface area contributed by atoms with Crippen molar-refractivity contribution in [2.24, 2.45) is 0 Å². The summed E-state index contributed by atoms with van der Waals surface area (Å²) in [5, 5.41) is 7.83. The van der Waals surface area contributed by atoms with E-state index in [1.807, 2.05) is 12.1 Å². The standard InChI is InChI=1S/C23H27N5O2S/c1-28(2)16-7-5-15(6-8-16)12-25-18-13-29-22-19(14-30-21(18)22)27-23-24-10-9-17(26-23)20-4-3-11-31-20/h3-11,18-19,21-22,25H,12-14H2,1-2H3,(H,24,26,27)/p+1/t18-,19-,21+,22+/m0/s1. The fraction of sp³-hybridized carbons (Fsp3) is 0.391. The van der Waals surface area contributed by atoms with Gasteiger partial charge in [0.05, 0.1) is 23.2 Å². The number of hydrogen-bond donors (Lipinski definition) is 2. The summed E-state index contributed by atoms with van der Waals surface area (Å²) in [6.07, 6.45) is 1.90. The minimum absolute atomic E-state index is 0.0198. The molecule has 0 bridgehead atoms. The molecule has 2 fully saturated rings. The number of nitrogens with zero attached hydrogens (tertiary/aromatic N) is 3. The lowest BCUT2D eigenvalue weighted by molar-refractivity contribution is -0.707. The van der Waals surface area contributed by atoms with E-state index in [4.69, 9.17) is 9.47 Å². The predicted octanol–water partition coefficient (Wildman–Crippen LogP) is 1.98. The first-order valence-corrected chi connectivity index (χ1v) is 11.5. The molecule has 4 atom stereocenters. The number of nitrogens with two attached hydrogens (primary N) is 1. The minimum Gasteiger partial charge on any atom is -0.378 e. The molecule has 31 heavy (non-hydrogen) atoms. The molecule has 0 saturated carbocycles. The highest BCUT2D eigenvalue weighted by Crippen LogP contribution is 2.28. The average molecular weight is 439 g/mol. The molecule has 5 rings (SSSR count). The van der Waals surface area contributed by atoms with E-state index >= 15 is 0 Å². The Morgan fingerprint density at radius 2 is 1.94 bits per heavy atom. The molecule has 3 aromatic rings. The lowest BCUT2D eigenvalue weighted by Gasteiger charge is -2.17. The van der Waals surface area contributed by atoms with Crippen molar-refractivity contribution in [3.63, 3.8) is 0 Å². The van der Waals surface area contributed by atoms with E-state index in [-0.39, 0.29) is 18.2 Å². The number of anilines is 2. The van der Waals surface area contributed by atoms with Crippen LogP contribution in [0.2, 0.25) is 0 Å². The Morgan fingerprint density at radius 1 is 1.10 bits per heavy atom. The van der Waals surface area contributed by atoms with Gasteiger partial charge in [-0.3, -0.25) is 0 Å². The number of benzene rings is 1. The summed E-state index contributed by atoms with van der Waals surface area (Å²) in [7, 11) is 4.12. The van der Waals surface area contributed by atoms with E-state index in [1.54, 1.807) is 17.5 Å². The van der Waals surface area contributed by atoms with Crippen LogP contribution in [-0.4, -0.2) is 61.6 Å². The van der Waals surface area contributed by atoms with Gasteiger partial charge in [-0.2, -0.15) is 0 Å². The van der Waals surface area contributed by atoms with E-state index < -0.39 is 0 Å². The zero-order valence-electron chi connectivity index (χ0n) is 17.8. The van der Waals surface area contributed by atoms with E-state index in [1.165, 1.54) is 11.3 Å². The number of thiophene rings is 1. The van der Waals surface area contributed by atoms with E-state index in [2.05, 4.69) is 75.3 Å². The van der Waals surface area contributed by atoms with Crippen molar-refractivity contribution in [2.45, 2.75) is 30.8 Å². The summed E-state index contributed by atoms with van der Waals surface area (Å²) in [6, 6.07) is 15.1. The lowest BCUT2D eigenvalue weighted by atomic mass is 10.1.